The van der Waals surface area contributed by atoms with Crippen LogP contribution in [0.15, 0.2) is 0 Å². The fourth-order valence-electron chi connectivity index (χ4n) is 1.70. The zero-order chi connectivity index (χ0) is 11.4. The minimum Gasteiger partial charge on any atom is -0.382 e. The number of ether oxygens (including phenoxy) is 3. The molecular weight excluding hydrogens is 210 g/mol. The maximum atomic E-state index is 5.60. The molecule has 0 radical (unpaired) electrons. The molecule has 1 atom stereocenters. The van der Waals surface area contributed by atoms with Gasteiger partial charge in [-0.15, -0.1) is 10.2 Å². The highest BCUT2D eigenvalue weighted by molar-refractivity contribution is 4.99. The van der Waals surface area contributed by atoms with Crippen LogP contribution in [-0.4, -0.2) is 41.7 Å². The van der Waals surface area contributed by atoms with E-state index in [-0.39, 0.29) is 6.10 Å². The summed E-state index contributed by atoms with van der Waals surface area (Å²) in [5, 5.41) is 8.23. The van der Waals surface area contributed by atoms with Crippen molar-refractivity contribution in [2.75, 3.05) is 26.9 Å². The van der Waals surface area contributed by atoms with Crippen molar-refractivity contribution < 1.29 is 14.2 Å². The molecular formula is C10H17N3O3. The predicted octanol–water partition coefficient (Wildman–Crippen LogP) is 0.532. The van der Waals surface area contributed by atoms with E-state index in [9.17, 15) is 0 Å². The molecule has 1 aromatic rings. The van der Waals surface area contributed by atoms with Gasteiger partial charge in [-0.25, -0.2) is 0 Å². The smallest absolute Gasteiger partial charge is 0.162 e. The molecule has 0 saturated carbocycles. The average Bonchev–Trinajstić information content (AvgIpc) is 2.73. The molecule has 90 valence electrons. The Labute approximate surface area is 94.5 Å². The Hall–Kier alpha value is -0.980. The van der Waals surface area contributed by atoms with Gasteiger partial charge >= 0.3 is 0 Å². The lowest BCUT2D eigenvalue weighted by atomic mass is 10.3. The first-order valence-corrected chi connectivity index (χ1v) is 5.43. The van der Waals surface area contributed by atoms with Crippen LogP contribution in [0.2, 0.25) is 0 Å². The number of rotatable bonds is 5. The molecule has 0 aliphatic carbocycles. The molecule has 16 heavy (non-hydrogen) atoms. The van der Waals surface area contributed by atoms with Gasteiger partial charge in [0.2, 0.25) is 0 Å². The Morgan fingerprint density at radius 3 is 3.12 bits per heavy atom. The van der Waals surface area contributed by atoms with E-state index in [1.165, 1.54) is 0 Å². The second-order valence-electron chi connectivity index (χ2n) is 3.68. The number of nitrogens with zero attached hydrogens (tertiary/aromatic N) is 3. The summed E-state index contributed by atoms with van der Waals surface area (Å²) >= 11 is 0. The Morgan fingerprint density at radius 2 is 2.31 bits per heavy atom. The van der Waals surface area contributed by atoms with Crippen LogP contribution < -0.4 is 0 Å². The van der Waals surface area contributed by atoms with E-state index >= 15 is 0 Å². The topological polar surface area (TPSA) is 58.4 Å². The molecule has 2 heterocycles. The third kappa shape index (κ3) is 2.40. The maximum absolute atomic E-state index is 5.60. The van der Waals surface area contributed by atoms with Crippen LogP contribution in [0.5, 0.6) is 0 Å². The van der Waals surface area contributed by atoms with E-state index in [1.54, 1.807) is 7.11 Å². The molecule has 1 aliphatic rings. The summed E-state index contributed by atoms with van der Waals surface area (Å²) in [4.78, 5) is 0. The summed E-state index contributed by atoms with van der Waals surface area (Å²) in [6, 6.07) is 0. The molecule has 0 N–H and O–H groups in total. The SMILES string of the molecule is COCCOC(C)c1nnc2n1CCOC2. The van der Waals surface area contributed by atoms with Gasteiger partial charge in [0.05, 0.1) is 19.8 Å². The van der Waals surface area contributed by atoms with Crippen LogP contribution in [0.4, 0.5) is 0 Å². The first-order chi connectivity index (χ1) is 7.83. The van der Waals surface area contributed by atoms with Crippen molar-refractivity contribution in [3.05, 3.63) is 11.6 Å². The van der Waals surface area contributed by atoms with Crippen LogP contribution in [0.1, 0.15) is 24.7 Å². The van der Waals surface area contributed by atoms with Crippen LogP contribution in [0.3, 0.4) is 0 Å². The lowest BCUT2D eigenvalue weighted by Gasteiger charge is -2.18. The Morgan fingerprint density at radius 1 is 1.44 bits per heavy atom. The molecule has 1 unspecified atom stereocenters. The molecule has 0 aromatic carbocycles. The Balaban J connectivity index is 1.99. The predicted molar refractivity (Wildman–Crippen MR) is 55.9 cm³/mol. The van der Waals surface area contributed by atoms with Gasteiger partial charge in [0.15, 0.2) is 11.6 Å². The standard InChI is InChI=1S/C10H17N3O3/c1-8(16-6-5-14-2)10-12-11-9-7-15-4-3-13(9)10/h8H,3-7H2,1-2H3. The summed E-state index contributed by atoms with van der Waals surface area (Å²) in [6.07, 6.45) is -0.0606. The maximum Gasteiger partial charge on any atom is 0.162 e. The third-order valence-corrected chi connectivity index (χ3v) is 2.57. The first-order valence-electron chi connectivity index (χ1n) is 5.43. The van der Waals surface area contributed by atoms with Crippen molar-refractivity contribution in [3.63, 3.8) is 0 Å². The van der Waals surface area contributed by atoms with Crippen LogP contribution in [0.25, 0.3) is 0 Å². The van der Waals surface area contributed by atoms with Crippen molar-refractivity contribution in [2.45, 2.75) is 26.2 Å². The zero-order valence-corrected chi connectivity index (χ0v) is 9.68. The molecule has 6 heteroatoms. The Bertz CT molecular complexity index is 340. The van der Waals surface area contributed by atoms with Gasteiger partial charge in [-0.05, 0) is 6.92 Å². The van der Waals surface area contributed by atoms with Crippen LogP contribution in [0, 0.1) is 0 Å². The van der Waals surface area contributed by atoms with Crippen LogP contribution >= 0.6 is 0 Å². The van der Waals surface area contributed by atoms with Gasteiger partial charge < -0.3 is 18.8 Å². The summed E-state index contributed by atoms with van der Waals surface area (Å²) in [6.45, 7) is 5.18. The van der Waals surface area contributed by atoms with E-state index in [4.69, 9.17) is 14.2 Å². The van der Waals surface area contributed by atoms with Gasteiger partial charge in [0.25, 0.3) is 0 Å². The molecule has 0 fully saturated rings. The molecule has 2 rings (SSSR count). The summed E-state index contributed by atoms with van der Waals surface area (Å²) in [5.41, 5.74) is 0. The van der Waals surface area contributed by atoms with E-state index in [1.807, 2.05) is 6.92 Å². The molecule has 0 saturated heterocycles. The lowest BCUT2D eigenvalue weighted by molar-refractivity contribution is 0.0165. The molecule has 1 aromatic heterocycles. The minimum atomic E-state index is -0.0606. The summed E-state index contributed by atoms with van der Waals surface area (Å²) < 4.78 is 17.9. The Kier molecular flexibility index (Phi) is 3.87. The summed E-state index contributed by atoms with van der Waals surface area (Å²) in [5.74, 6) is 1.75. The summed E-state index contributed by atoms with van der Waals surface area (Å²) in [7, 11) is 1.66. The van der Waals surface area contributed by atoms with Gasteiger partial charge in [-0.3, -0.25) is 0 Å². The quantitative estimate of drug-likeness (QED) is 0.687. The third-order valence-electron chi connectivity index (χ3n) is 2.57. The van der Waals surface area contributed by atoms with E-state index in [2.05, 4.69) is 14.8 Å². The fourth-order valence-corrected chi connectivity index (χ4v) is 1.70. The second-order valence-corrected chi connectivity index (χ2v) is 3.68. The van der Waals surface area contributed by atoms with E-state index in [0.29, 0.717) is 26.4 Å². The zero-order valence-electron chi connectivity index (χ0n) is 9.68. The number of fused-ring (bicyclic) bond motifs is 1. The molecule has 0 amide bonds. The number of hydrogen-bond acceptors (Lipinski definition) is 5. The number of methoxy groups -OCH3 is 1. The molecule has 0 spiro atoms. The molecule has 0 bridgehead atoms. The minimum absolute atomic E-state index is 0.0606. The number of aromatic nitrogens is 3. The van der Waals surface area contributed by atoms with E-state index < -0.39 is 0 Å². The lowest BCUT2D eigenvalue weighted by Crippen LogP contribution is -2.20. The fraction of sp³-hybridized carbons (Fsp3) is 0.800. The second kappa shape index (κ2) is 5.38. The number of hydrogen-bond donors (Lipinski definition) is 0. The van der Waals surface area contributed by atoms with Crippen molar-refractivity contribution >= 4 is 0 Å². The highest BCUT2D eigenvalue weighted by Gasteiger charge is 2.20. The van der Waals surface area contributed by atoms with Crippen molar-refractivity contribution in [1.29, 1.82) is 0 Å². The monoisotopic (exact) mass is 227 g/mol. The van der Waals surface area contributed by atoms with Gasteiger partial charge in [0.1, 0.15) is 12.7 Å². The highest BCUT2D eigenvalue weighted by Crippen LogP contribution is 2.18. The van der Waals surface area contributed by atoms with Gasteiger partial charge in [0, 0.05) is 13.7 Å². The first kappa shape index (κ1) is 11.5. The molecule has 6 nitrogen and oxygen atoms in total. The largest absolute Gasteiger partial charge is 0.382 e. The van der Waals surface area contributed by atoms with Crippen molar-refractivity contribution in [1.82, 2.24) is 14.8 Å². The highest BCUT2D eigenvalue weighted by atomic mass is 16.5. The van der Waals surface area contributed by atoms with Gasteiger partial charge in [-0.1, -0.05) is 0 Å². The average molecular weight is 227 g/mol. The van der Waals surface area contributed by atoms with Crippen LogP contribution in [-0.2, 0) is 27.4 Å². The molecule has 1 aliphatic heterocycles. The van der Waals surface area contributed by atoms with Gasteiger partial charge in [-0.2, -0.15) is 0 Å². The normalized spacial score (nSPS) is 17.1. The van der Waals surface area contributed by atoms with E-state index in [0.717, 1.165) is 18.2 Å². The van der Waals surface area contributed by atoms with Crippen molar-refractivity contribution in [3.8, 4) is 0 Å². The van der Waals surface area contributed by atoms with Crippen molar-refractivity contribution in [2.24, 2.45) is 0 Å².